The molecule has 1 fully saturated rings. The molecule has 0 amide bonds. The molecule has 0 radical (unpaired) electrons. The number of imidazole rings is 1. The number of aromatic amines is 1. The number of likely N-dealkylation sites (N-methyl/N-ethyl adjacent to an activating group) is 1. The van der Waals surface area contributed by atoms with E-state index >= 15 is 0 Å². The molecular formula is C11H20N4O2S. The largest absolute Gasteiger partial charge is 0.335 e. The van der Waals surface area contributed by atoms with Crippen molar-refractivity contribution in [1.82, 2.24) is 19.6 Å². The fourth-order valence-electron chi connectivity index (χ4n) is 2.25. The van der Waals surface area contributed by atoms with Crippen molar-refractivity contribution < 1.29 is 8.42 Å². The van der Waals surface area contributed by atoms with E-state index in [1.54, 1.807) is 0 Å². The lowest BCUT2D eigenvalue weighted by atomic mass is 10.1. The third-order valence-corrected chi connectivity index (χ3v) is 5.15. The van der Waals surface area contributed by atoms with Gasteiger partial charge in [0.2, 0.25) is 0 Å². The van der Waals surface area contributed by atoms with E-state index in [4.69, 9.17) is 0 Å². The molecular weight excluding hydrogens is 252 g/mol. The van der Waals surface area contributed by atoms with Gasteiger partial charge in [0.15, 0.2) is 5.03 Å². The maximum Gasteiger partial charge on any atom is 0.260 e. The Morgan fingerprint density at radius 3 is 2.89 bits per heavy atom. The Morgan fingerprint density at radius 2 is 2.33 bits per heavy atom. The predicted molar refractivity (Wildman–Crippen MR) is 68.7 cm³/mol. The predicted octanol–water partition coefficient (Wildman–Crippen LogP) is 0.562. The Balaban J connectivity index is 2.08. The lowest BCUT2D eigenvalue weighted by molar-refractivity contribution is 0.319. The number of aromatic nitrogens is 2. The van der Waals surface area contributed by atoms with Crippen LogP contribution in [0.4, 0.5) is 0 Å². The Labute approximate surface area is 108 Å². The van der Waals surface area contributed by atoms with Crippen molar-refractivity contribution >= 4 is 10.0 Å². The first-order valence-corrected chi connectivity index (χ1v) is 7.80. The summed E-state index contributed by atoms with van der Waals surface area (Å²) in [5.74, 6) is 0. The van der Waals surface area contributed by atoms with Gasteiger partial charge in [0, 0.05) is 19.1 Å². The standard InChI is InChI=1S/C11H20N4O2S/c1-2-15(8-10-5-3-4-6-13-10)18(16,17)11-7-12-9-14-11/h7,9-10,13H,2-6,8H2,1H3,(H,12,14). The third kappa shape index (κ3) is 2.90. The SMILES string of the molecule is CCN(CC1CCCCN1)S(=O)(=O)c1cnc[nH]1. The van der Waals surface area contributed by atoms with E-state index in [9.17, 15) is 8.42 Å². The molecule has 7 heteroatoms. The van der Waals surface area contributed by atoms with Crippen LogP contribution in [0.5, 0.6) is 0 Å². The highest BCUT2D eigenvalue weighted by Crippen LogP contribution is 2.15. The first-order chi connectivity index (χ1) is 8.64. The van der Waals surface area contributed by atoms with Crippen LogP contribution in [0.15, 0.2) is 17.6 Å². The molecule has 0 aromatic carbocycles. The van der Waals surface area contributed by atoms with Crippen LogP contribution < -0.4 is 5.32 Å². The zero-order valence-electron chi connectivity index (χ0n) is 10.6. The minimum absolute atomic E-state index is 0.167. The monoisotopic (exact) mass is 272 g/mol. The molecule has 0 bridgehead atoms. The van der Waals surface area contributed by atoms with Crippen molar-refractivity contribution in [3.8, 4) is 0 Å². The molecule has 0 spiro atoms. The lowest BCUT2D eigenvalue weighted by Crippen LogP contribution is -2.45. The van der Waals surface area contributed by atoms with Gasteiger partial charge in [-0.3, -0.25) is 0 Å². The first-order valence-electron chi connectivity index (χ1n) is 6.36. The highest BCUT2D eigenvalue weighted by molar-refractivity contribution is 7.89. The number of hydrogen-bond acceptors (Lipinski definition) is 4. The summed E-state index contributed by atoms with van der Waals surface area (Å²) in [6.45, 7) is 3.83. The van der Waals surface area contributed by atoms with Crippen molar-refractivity contribution in [3.05, 3.63) is 12.5 Å². The van der Waals surface area contributed by atoms with Crippen molar-refractivity contribution in [2.75, 3.05) is 19.6 Å². The summed E-state index contributed by atoms with van der Waals surface area (Å²) in [6.07, 6.45) is 6.12. The number of rotatable bonds is 5. The molecule has 1 unspecified atom stereocenters. The van der Waals surface area contributed by atoms with E-state index in [0.717, 1.165) is 13.0 Å². The maximum absolute atomic E-state index is 12.3. The highest BCUT2D eigenvalue weighted by atomic mass is 32.2. The summed E-state index contributed by atoms with van der Waals surface area (Å²) in [7, 11) is -3.43. The van der Waals surface area contributed by atoms with Gasteiger partial charge >= 0.3 is 0 Å². The van der Waals surface area contributed by atoms with Crippen molar-refractivity contribution in [3.63, 3.8) is 0 Å². The van der Waals surface area contributed by atoms with E-state index in [1.165, 1.54) is 29.7 Å². The van der Waals surface area contributed by atoms with Crippen LogP contribution in [0.1, 0.15) is 26.2 Å². The molecule has 2 heterocycles. The van der Waals surface area contributed by atoms with Crippen molar-refractivity contribution in [2.24, 2.45) is 0 Å². The van der Waals surface area contributed by atoms with Crippen LogP contribution in [-0.4, -0.2) is 48.4 Å². The zero-order chi connectivity index (χ0) is 13.0. The molecule has 0 saturated carbocycles. The van der Waals surface area contributed by atoms with Crippen molar-refractivity contribution in [1.29, 1.82) is 0 Å². The van der Waals surface area contributed by atoms with Crippen LogP contribution in [0, 0.1) is 0 Å². The summed E-state index contributed by atoms with van der Waals surface area (Å²) in [5, 5.41) is 3.54. The number of piperidine rings is 1. The van der Waals surface area contributed by atoms with Gasteiger partial charge in [-0.15, -0.1) is 0 Å². The second kappa shape index (κ2) is 5.81. The summed E-state index contributed by atoms with van der Waals surface area (Å²) in [6, 6.07) is 0.261. The summed E-state index contributed by atoms with van der Waals surface area (Å²) >= 11 is 0. The van der Waals surface area contributed by atoms with Gasteiger partial charge in [-0.05, 0) is 19.4 Å². The van der Waals surface area contributed by atoms with Gasteiger partial charge in [0.05, 0.1) is 12.5 Å². The van der Waals surface area contributed by atoms with Gasteiger partial charge in [0.1, 0.15) is 0 Å². The smallest absolute Gasteiger partial charge is 0.260 e. The third-order valence-electron chi connectivity index (χ3n) is 3.28. The second-order valence-corrected chi connectivity index (χ2v) is 6.42. The minimum atomic E-state index is -3.43. The molecule has 2 rings (SSSR count). The Hall–Kier alpha value is -0.920. The first kappa shape index (κ1) is 13.5. The van der Waals surface area contributed by atoms with Gasteiger partial charge in [-0.1, -0.05) is 13.3 Å². The zero-order valence-corrected chi connectivity index (χ0v) is 11.4. The number of nitrogens with zero attached hydrogens (tertiary/aromatic N) is 2. The van der Waals surface area contributed by atoms with Gasteiger partial charge in [-0.2, -0.15) is 4.31 Å². The molecule has 0 aliphatic carbocycles. The lowest BCUT2D eigenvalue weighted by Gasteiger charge is -2.28. The van der Waals surface area contributed by atoms with E-state index < -0.39 is 10.0 Å². The van der Waals surface area contributed by atoms with E-state index in [0.29, 0.717) is 13.1 Å². The van der Waals surface area contributed by atoms with Crippen LogP contribution >= 0.6 is 0 Å². The maximum atomic E-state index is 12.3. The van der Waals surface area contributed by atoms with Crippen molar-refractivity contribution in [2.45, 2.75) is 37.3 Å². The van der Waals surface area contributed by atoms with Crippen LogP contribution in [0.25, 0.3) is 0 Å². The number of H-pyrrole nitrogens is 1. The summed E-state index contributed by atoms with van der Waals surface area (Å²) < 4.78 is 26.2. The number of sulfonamides is 1. The molecule has 2 N–H and O–H groups in total. The number of hydrogen-bond donors (Lipinski definition) is 2. The van der Waals surface area contributed by atoms with E-state index in [2.05, 4.69) is 15.3 Å². The Kier molecular flexibility index (Phi) is 4.36. The quantitative estimate of drug-likeness (QED) is 0.821. The summed E-state index contributed by atoms with van der Waals surface area (Å²) in [5.41, 5.74) is 0. The average molecular weight is 272 g/mol. The topological polar surface area (TPSA) is 78.1 Å². The fourth-order valence-corrected chi connectivity index (χ4v) is 3.64. The van der Waals surface area contributed by atoms with Crippen LogP contribution in [-0.2, 0) is 10.0 Å². The molecule has 1 aliphatic rings. The van der Waals surface area contributed by atoms with E-state index in [-0.39, 0.29) is 11.1 Å². The molecule has 6 nitrogen and oxygen atoms in total. The van der Waals surface area contributed by atoms with Gasteiger partial charge < -0.3 is 10.3 Å². The van der Waals surface area contributed by atoms with Gasteiger partial charge in [0.25, 0.3) is 10.0 Å². The fraction of sp³-hybridized carbons (Fsp3) is 0.727. The molecule has 1 atom stereocenters. The second-order valence-electron chi connectivity index (χ2n) is 4.52. The Bertz CT molecular complexity index is 451. The Morgan fingerprint density at radius 1 is 1.50 bits per heavy atom. The normalized spacial score (nSPS) is 21.3. The summed E-state index contributed by atoms with van der Waals surface area (Å²) in [4.78, 5) is 6.44. The molecule has 1 saturated heterocycles. The average Bonchev–Trinajstić information content (AvgIpc) is 2.91. The van der Waals surface area contributed by atoms with Crippen LogP contribution in [0.3, 0.4) is 0 Å². The molecule has 1 aliphatic heterocycles. The molecule has 1 aromatic rings. The number of nitrogens with one attached hydrogen (secondary N) is 2. The van der Waals surface area contributed by atoms with Crippen LogP contribution in [0.2, 0.25) is 0 Å². The molecule has 1 aromatic heterocycles. The molecule has 18 heavy (non-hydrogen) atoms. The van der Waals surface area contributed by atoms with Gasteiger partial charge in [-0.25, -0.2) is 13.4 Å². The minimum Gasteiger partial charge on any atom is -0.335 e. The highest BCUT2D eigenvalue weighted by Gasteiger charge is 2.27. The van der Waals surface area contributed by atoms with E-state index in [1.807, 2.05) is 6.92 Å². The molecule has 102 valence electrons.